The lowest BCUT2D eigenvalue weighted by Crippen LogP contribution is -1.96. The van der Waals surface area contributed by atoms with Crippen LogP contribution in [0.3, 0.4) is 0 Å². The van der Waals surface area contributed by atoms with Crippen molar-refractivity contribution in [3.05, 3.63) is 59.4 Å². The zero-order valence-corrected chi connectivity index (χ0v) is 9.14. The Balaban J connectivity index is 2.11. The molecular weight excluding hydrogens is 235 g/mol. The van der Waals surface area contributed by atoms with Gasteiger partial charge in [0.15, 0.2) is 0 Å². The van der Waals surface area contributed by atoms with E-state index in [1.54, 1.807) is 30.3 Å². The van der Waals surface area contributed by atoms with Crippen LogP contribution < -0.4 is 0 Å². The minimum absolute atomic E-state index is 0.252. The fourth-order valence-electron chi connectivity index (χ4n) is 1.91. The van der Waals surface area contributed by atoms with Gasteiger partial charge in [-0.15, -0.1) is 0 Å². The Morgan fingerprint density at radius 3 is 2.11 bits per heavy atom. The molecule has 0 aliphatic carbocycles. The van der Waals surface area contributed by atoms with E-state index in [0.717, 1.165) is 11.1 Å². The van der Waals surface area contributed by atoms with Crippen molar-refractivity contribution in [2.24, 2.45) is 0 Å². The van der Waals surface area contributed by atoms with Gasteiger partial charge >= 0.3 is 11.9 Å². The van der Waals surface area contributed by atoms with Gasteiger partial charge in [0, 0.05) is 0 Å². The van der Waals surface area contributed by atoms with Crippen molar-refractivity contribution in [2.75, 3.05) is 0 Å². The molecule has 4 heteroatoms. The molecule has 0 N–H and O–H groups in total. The largest absolute Gasteiger partial charge is 0.386 e. The smallest absolute Gasteiger partial charge is 0.346 e. The van der Waals surface area contributed by atoms with Crippen LogP contribution in [-0.4, -0.2) is 11.9 Å². The average molecular weight is 242 g/mol. The zero-order valence-electron chi connectivity index (χ0n) is 9.14. The standard InChI is InChI=1S/C14H7FO3/c15-10-4-1-8(2-5-10)9-3-6-11-12(7-9)14(17)18-13(11)16/h1-7H. The molecule has 0 aromatic heterocycles. The molecule has 18 heavy (non-hydrogen) atoms. The summed E-state index contributed by atoms with van der Waals surface area (Å²) in [5.41, 5.74) is 2.03. The highest BCUT2D eigenvalue weighted by Gasteiger charge is 2.29. The van der Waals surface area contributed by atoms with E-state index in [1.165, 1.54) is 12.1 Å². The molecule has 3 nitrogen and oxygen atoms in total. The van der Waals surface area contributed by atoms with Crippen LogP contribution in [0, 0.1) is 5.82 Å². The molecule has 1 aliphatic rings. The fraction of sp³-hybridized carbons (Fsp3) is 0. The average Bonchev–Trinajstić information content (AvgIpc) is 2.66. The molecule has 0 saturated carbocycles. The van der Waals surface area contributed by atoms with E-state index in [2.05, 4.69) is 4.74 Å². The number of hydrogen-bond donors (Lipinski definition) is 0. The highest BCUT2D eigenvalue weighted by Crippen LogP contribution is 2.27. The molecule has 0 unspecified atom stereocenters. The first kappa shape index (κ1) is 10.7. The lowest BCUT2D eigenvalue weighted by atomic mass is 10.0. The van der Waals surface area contributed by atoms with Gasteiger partial charge in [0.25, 0.3) is 0 Å². The van der Waals surface area contributed by atoms with Gasteiger partial charge in [-0.3, -0.25) is 0 Å². The predicted octanol–water partition coefficient (Wildman–Crippen LogP) is 2.80. The minimum atomic E-state index is -0.640. The van der Waals surface area contributed by atoms with Gasteiger partial charge in [-0.05, 0) is 35.4 Å². The van der Waals surface area contributed by atoms with E-state index >= 15 is 0 Å². The molecule has 0 spiro atoms. The summed E-state index contributed by atoms with van der Waals surface area (Å²) in [7, 11) is 0. The molecule has 88 valence electrons. The lowest BCUT2D eigenvalue weighted by molar-refractivity contribution is 0.0444. The Labute approximate surface area is 102 Å². The number of hydrogen-bond acceptors (Lipinski definition) is 3. The molecule has 0 radical (unpaired) electrons. The van der Waals surface area contributed by atoms with E-state index in [-0.39, 0.29) is 16.9 Å². The van der Waals surface area contributed by atoms with Gasteiger partial charge in [0.2, 0.25) is 0 Å². The Morgan fingerprint density at radius 1 is 0.778 bits per heavy atom. The summed E-state index contributed by atoms with van der Waals surface area (Å²) < 4.78 is 17.3. The minimum Gasteiger partial charge on any atom is -0.386 e. The number of cyclic esters (lactones) is 2. The Morgan fingerprint density at radius 2 is 1.39 bits per heavy atom. The van der Waals surface area contributed by atoms with Crippen LogP contribution in [0.15, 0.2) is 42.5 Å². The Hall–Kier alpha value is -2.49. The summed E-state index contributed by atoms with van der Waals surface area (Å²) in [5, 5.41) is 0. The second-order valence-corrected chi connectivity index (χ2v) is 3.94. The van der Waals surface area contributed by atoms with Crippen LogP contribution in [-0.2, 0) is 4.74 Å². The maximum atomic E-state index is 12.8. The van der Waals surface area contributed by atoms with Crippen molar-refractivity contribution in [1.82, 2.24) is 0 Å². The maximum absolute atomic E-state index is 12.8. The SMILES string of the molecule is O=C1OC(=O)c2cc(-c3ccc(F)cc3)ccc21. The number of benzene rings is 2. The fourth-order valence-corrected chi connectivity index (χ4v) is 1.91. The second kappa shape index (κ2) is 3.77. The van der Waals surface area contributed by atoms with Crippen molar-refractivity contribution >= 4 is 11.9 Å². The number of ether oxygens (including phenoxy) is 1. The third-order valence-electron chi connectivity index (χ3n) is 2.82. The monoisotopic (exact) mass is 242 g/mol. The third-order valence-corrected chi connectivity index (χ3v) is 2.82. The van der Waals surface area contributed by atoms with Crippen molar-refractivity contribution in [2.45, 2.75) is 0 Å². The van der Waals surface area contributed by atoms with Crippen molar-refractivity contribution in [1.29, 1.82) is 0 Å². The van der Waals surface area contributed by atoms with Crippen LogP contribution in [0.4, 0.5) is 4.39 Å². The number of carbonyl (C=O) groups excluding carboxylic acids is 2. The van der Waals surface area contributed by atoms with Crippen molar-refractivity contribution in [3.8, 4) is 11.1 Å². The normalized spacial score (nSPS) is 13.4. The first-order valence-corrected chi connectivity index (χ1v) is 5.31. The van der Waals surface area contributed by atoms with Crippen molar-refractivity contribution < 1.29 is 18.7 Å². The first-order chi connectivity index (χ1) is 8.65. The number of halogens is 1. The molecule has 2 aromatic rings. The molecule has 0 bridgehead atoms. The topological polar surface area (TPSA) is 43.4 Å². The summed E-state index contributed by atoms with van der Waals surface area (Å²) in [4.78, 5) is 22.7. The van der Waals surface area contributed by atoms with Crippen LogP contribution in [0.2, 0.25) is 0 Å². The van der Waals surface area contributed by atoms with E-state index < -0.39 is 11.9 Å². The maximum Gasteiger partial charge on any atom is 0.346 e. The molecule has 0 saturated heterocycles. The summed E-state index contributed by atoms with van der Waals surface area (Å²) in [6.45, 7) is 0. The van der Waals surface area contributed by atoms with Gasteiger partial charge in [-0.2, -0.15) is 0 Å². The quantitative estimate of drug-likeness (QED) is 0.570. The van der Waals surface area contributed by atoms with Gasteiger partial charge in [0.1, 0.15) is 5.82 Å². The van der Waals surface area contributed by atoms with E-state index in [0.29, 0.717) is 0 Å². The van der Waals surface area contributed by atoms with Crippen LogP contribution >= 0.6 is 0 Å². The summed E-state index contributed by atoms with van der Waals surface area (Å²) >= 11 is 0. The third kappa shape index (κ3) is 1.59. The first-order valence-electron chi connectivity index (χ1n) is 5.31. The molecule has 0 amide bonds. The van der Waals surface area contributed by atoms with Gasteiger partial charge in [-0.25, -0.2) is 14.0 Å². The van der Waals surface area contributed by atoms with Gasteiger partial charge in [0.05, 0.1) is 11.1 Å². The highest BCUT2D eigenvalue weighted by molar-refractivity contribution is 6.15. The summed E-state index contributed by atoms with van der Waals surface area (Å²) in [5.74, 6) is -1.59. The second-order valence-electron chi connectivity index (χ2n) is 3.94. The lowest BCUT2D eigenvalue weighted by Gasteiger charge is -2.02. The van der Waals surface area contributed by atoms with Crippen molar-refractivity contribution in [3.63, 3.8) is 0 Å². The zero-order chi connectivity index (χ0) is 12.7. The molecule has 3 rings (SSSR count). The van der Waals surface area contributed by atoms with Crippen LogP contribution in [0.25, 0.3) is 11.1 Å². The molecule has 2 aromatic carbocycles. The summed E-state index contributed by atoms with van der Waals surface area (Å²) in [6.07, 6.45) is 0. The molecule has 1 aliphatic heterocycles. The predicted molar refractivity (Wildman–Crippen MR) is 61.6 cm³/mol. The Kier molecular flexibility index (Phi) is 2.23. The number of rotatable bonds is 1. The molecule has 1 heterocycles. The number of carbonyl (C=O) groups is 2. The molecular formula is C14H7FO3. The van der Waals surface area contributed by atoms with Gasteiger partial charge < -0.3 is 4.74 Å². The molecule has 0 atom stereocenters. The summed E-state index contributed by atoms with van der Waals surface area (Å²) in [6, 6.07) is 10.7. The Bertz CT molecular complexity index is 659. The van der Waals surface area contributed by atoms with Crippen LogP contribution in [0.5, 0.6) is 0 Å². The van der Waals surface area contributed by atoms with E-state index in [1.807, 2.05) is 0 Å². The van der Waals surface area contributed by atoms with Crippen LogP contribution in [0.1, 0.15) is 20.7 Å². The highest BCUT2D eigenvalue weighted by atomic mass is 19.1. The number of esters is 2. The van der Waals surface area contributed by atoms with E-state index in [9.17, 15) is 14.0 Å². The number of fused-ring (bicyclic) bond motifs is 1. The van der Waals surface area contributed by atoms with E-state index in [4.69, 9.17) is 0 Å². The van der Waals surface area contributed by atoms with Gasteiger partial charge in [-0.1, -0.05) is 18.2 Å². The molecule has 0 fully saturated rings.